The van der Waals surface area contributed by atoms with E-state index in [9.17, 15) is 4.79 Å². The molecule has 2 nitrogen and oxygen atoms in total. The molecule has 2 saturated carbocycles. The van der Waals surface area contributed by atoms with Crippen LogP contribution in [0.15, 0.2) is 0 Å². The number of carbonyl (C=O) groups excluding carboxylic acids is 1. The summed E-state index contributed by atoms with van der Waals surface area (Å²) in [5.74, 6) is 1.98. The van der Waals surface area contributed by atoms with Gasteiger partial charge in [-0.1, -0.05) is 19.8 Å². The van der Waals surface area contributed by atoms with Crippen molar-refractivity contribution in [1.82, 2.24) is 0 Å². The fourth-order valence-electron chi connectivity index (χ4n) is 2.95. The lowest BCUT2D eigenvalue weighted by molar-refractivity contribution is -0.137. The molecule has 0 radical (unpaired) electrons. The fraction of sp³-hybridized carbons (Fsp3) is 0.929. The Morgan fingerprint density at radius 3 is 2.62 bits per heavy atom. The number of rotatable bonds is 5. The zero-order valence-electron chi connectivity index (χ0n) is 10.6. The summed E-state index contributed by atoms with van der Waals surface area (Å²) in [5, 5.41) is 0. The van der Waals surface area contributed by atoms with Crippen LogP contribution in [0.5, 0.6) is 0 Å². The first-order chi connectivity index (χ1) is 7.72. The van der Waals surface area contributed by atoms with Crippen molar-refractivity contribution in [2.45, 2.75) is 58.5 Å². The molecule has 0 saturated heterocycles. The molecule has 0 spiro atoms. The van der Waals surface area contributed by atoms with E-state index in [0.717, 1.165) is 18.8 Å². The molecule has 2 rings (SSSR count). The van der Waals surface area contributed by atoms with Crippen LogP contribution in [-0.2, 0) is 9.53 Å². The Kier molecular flexibility index (Phi) is 4.01. The third kappa shape index (κ3) is 2.85. The van der Waals surface area contributed by atoms with Gasteiger partial charge in [0.05, 0.1) is 0 Å². The van der Waals surface area contributed by atoms with Gasteiger partial charge in [-0.2, -0.15) is 0 Å². The molecular formula is C14H24O2. The molecular weight excluding hydrogens is 200 g/mol. The van der Waals surface area contributed by atoms with Crippen molar-refractivity contribution >= 4 is 5.78 Å². The van der Waals surface area contributed by atoms with Crippen LogP contribution in [0.2, 0.25) is 0 Å². The lowest BCUT2D eigenvalue weighted by atomic mass is 9.78. The first-order valence-electron chi connectivity index (χ1n) is 6.87. The molecule has 0 amide bonds. The van der Waals surface area contributed by atoms with Crippen molar-refractivity contribution in [3.63, 3.8) is 0 Å². The molecule has 0 aromatic carbocycles. The Morgan fingerprint density at radius 2 is 2.06 bits per heavy atom. The van der Waals surface area contributed by atoms with E-state index >= 15 is 0 Å². The van der Waals surface area contributed by atoms with Gasteiger partial charge in [0.15, 0.2) is 5.78 Å². The van der Waals surface area contributed by atoms with Crippen LogP contribution in [0.1, 0.15) is 52.4 Å². The van der Waals surface area contributed by atoms with Crippen molar-refractivity contribution in [3.05, 3.63) is 0 Å². The molecule has 2 aliphatic rings. The van der Waals surface area contributed by atoms with Gasteiger partial charge in [0.25, 0.3) is 0 Å². The molecule has 0 bridgehead atoms. The van der Waals surface area contributed by atoms with Gasteiger partial charge in [-0.15, -0.1) is 0 Å². The first kappa shape index (κ1) is 12.1. The summed E-state index contributed by atoms with van der Waals surface area (Å²) in [6.45, 7) is 4.94. The number of hydrogen-bond acceptors (Lipinski definition) is 2. The largest absolute Gasteiger partial charge is 0.370 e. The van der Waals surface area contributed by atoms with Gasteiger partial charge in [-0.05, 0) is 44.4 Å². The Labute approximate surface area is 98.7 Å². The van der Waals surface area contributed by atoms with Crippen molar-refractivity contribution in [2.75, 3.05) is 6.61 Å². The summed E-state index contributed by atoms with van der Waals surface area (Å²) in [4.78, 5) is 12.4. The maximum absolute atomic E-state index is 12.4. The lowest BCUT2D eigenvalue weighted by Gasteiger charge is -2.28. The summed E-state index contributed by atoms with van der Waals surface area (Å²) in [7, 11) is 0. The van der Waals surface area contributed by atoms with Crippen LogP contribution < -0.4 is 0 Å². The van der Waals surface area contributed by atoms with Gasteiger partial charge in [-0.3, -0.25) is 4.79 Å². The van der Waals surface area contributed by atoms with E-state index < -0.39 is 0 Å². The van der Waals surface area contributed by atoms with Gasteiger partial charge < -0.3 is 4.74 Å². The third-order valence-corrected chi connectivity index (χ3v) is 4.02. The van der Waals surface area contributed by atoms with E-state index in [1.54, 1.807) is 0 Å². The zero-order valence-corrected chi connectivity index (χ0v) is 10.6. The van der Waals surface area contributed by atoms with E-state index in [0.29, 0.717) is 24.2 Å². The third-order valence-electron chi connectivity index (χ3n) is 4.02. The molecule has 3 atom stereocenters. The molecule has 2 aliphatic carbocycles. The molecule has 0 aromatic rings. The number of ether oxygens (including phenoxy) is 1. The van der Waals surface area contributed by atoms with E-state index in [2.05, 4.69) is 6.92 Å². The Bertz CT molecular complexity index is 245. The maximum atomic E-state index is 12.4. The molecule has 3 unspecified atom stereocenters. The molecule has 16 heavy (non-hydrogen) atoms. The van der Waals surface area contributed by atoms with Crippen LogP contribution in [0.25, 0.3) is 0 Å². The highest BCUT2D eigenvalue weighted by Crippen LogP contribution is 2.38. The maximum Gasteiger partial charge on any atom is 0.164 e. The van der Waals surface area contributed by atoms with Crippen molar-refractivity contribution < 1.29 is 9.53 Å². The topological polar surface area (TPSA) is 26.3 Å². The molecule has 0 aromatic heterocycles. The normalized spacial score (nSPS) is 32.4. The van der Waals surface area contributed by atoms with Crippen LogP contribution in [0.4, 0.5) is 0 Å². The molecule has 0 heterocycles. The average Bonchev–Trinajstić information content (AvgIpc) is 3.09. The second-order valence-electron chi connectivity index (χ2n) is 5.58. The Hall–Kier alpha value is -0.370. The van der Waals surface area contributed by atoms with Gasteiger partial charge in [0.1, 0.15) is 6.10 Å². The van der Waals surface area contributed by atoms with Gasteiger partial charge in [0.2, 0.25) is 0 Å². The molecule has 2 heteroatoms. The van der Waals surface area contributed by atoms with Crippen LogP contribution >= 0.6 is 0 Å². The highest BCUT2D eigenvalue weighted by molar-refractivity contribution is 5.86. The number of ketones is 1. The minimum atomic E-state index is -0.0692. The number of hydrogen-bond donors (Lipinski definition) is 0. The Balaban J connectivity index is 1.92. The van der Waals surface area contributed by atoms with E-state index in [1.807, 2.05) is 6.92 Å². The van der Waals surface area contributed by atoms with E-state index in [-0.39, 0.29) is 6.10 Å². The summed E-state index contributed by atoms with van der Waals surface area (Å²) in [5.41, 5.74) is 0. The zero-order chi connectivity index (χ0) is 11.5. The second kappa shape index (κ2) is 5.31. The first-order valence-corrected chi connectivity index (χ1v) is 6.87. The summed E-state index contributed by atoms with van der Waals surface area (Å²) in [6, 6.07) is 0. The molecule has 2 fully saturated rings. The van der Waals surface area contributed by atoms with Crippen molar-refractivity contribution in [2.24, 2.45) is 17.8 Å². The average molecular weight is 224 g/mol. The van der Waals surface area contributed by atoms with Crippen LogP contribution in [-0.4, -0.2) is 18.5 Å². The standard InChI is InChI=1S/C14H24O2/c1-3-16-14(11-7-8-11)13(15)12-6-4-5-10(2)9-12/h10-12,14H,3-9H2,1-2H3. The van der Waals surface area contributed by atoms with E-state index in [4.69, 9.17) is 4.74 Å². The second-order valence-corrected chi connectivity index (χ2v) is 5.58. The quantitative estimate of drug-likeness (QED) is 0.717. The monoisotopic (exact) mass is 224 g/mol. The predicted molar refractivity (Wildman–Crippen MR) is 64.3 cm³/mol. The van der Waals surface area contributed by atoms with Gasteiger partial charge >= 0.3 is 0 Å². The summed E-state index contributed by atoms with van der Waals surface area (Å²) in [6.07, 6.45) is 7.03. The van der Waals surface area contributed by atoms with Gasteiger partial charge in [-0.25, -0.2) is 0 Å². The fourth-order valence-corrected chi connectivity index (χ4v) is 2.95. The van der Waals surface area contributed by atoms with Crippen molar-refractivity contribution in [3.8, 4) is 0 Å². The van der Waals surface area contributed by atoms with Crippen molar-refractivity contribution in [1.29, 1.82) is 0 Å². The number of Topliss-reactive ketones (excluding diaryl/α,β-unsaturated/α-hetero) is 1. The smallest absolute Gasteiger partial charge is 0.164 e. The predicted octanol–water partition coefficient (Wildman–Crippen LogP) is 3.20. The number of carbonyl (C=O) groups is 1. The lowest BCUT2D eigenvalue weighted by Crippen LogP contribution is -2.34. The van der Waals surface area contributed by atoms with Crippen LogP contribution in [0.3, 0.4) is 0 Å². The van der Waals surface area contributed by atoms with Crippen LogP contribution in [0, 0.1) is 17.8 Å². The highest BCUT2D eigenvalue weighted by atomic mass is 16.5. The highest BCUT2D eigenvalue weighted by Gasteiger charge is 2.40. The molecule has 0 N–H and O–H groups in total. The molecule has 0 aliphatic heterocycles. The molecule has 92 valence electrons. The Morgan fingerprint density at radius 1 is 1.31 bits per heavy atom. The minimum absolute atomic E-state index is 0.0692. The van der Waals surface area contributed by atoms with E-state index in [1.165, 1.54) is 25.7 Å². The summed E-state index contributed by atoms with van der Waals surface area (Å²) >= 11 is 0. The minimum Gasteiger partial charge on any atom is -0.370 e. The SMILES string of the molecule is CCOC(C(=O)C1CCCC(C)C1)C1CC1. The van der Waals surface area contributed by atoms with Gasteiger partial charge in [0, 0.05) is 12.5 Å². The summed E-state index contributed by atoms with van der Waals surface area (Å²) < 4.78 is 5.67.